The van der Waals surface area contributed by atoms with Crippen molar-refractivity contribution in [1.29, 1.82) is 0 Å². The molecule has 0 aliphatic rings. The molecule has 78 valence electrons. The highest BCUT2D eigenvalue weighted by Gasteiger charge is 2.01. The second-order valence-corrected chi connectivity index (χ2v) is 3.73. The molecule has 0 aliphatic heterocycles. The molecule has 0 aliphatic carbocycles. The highest BCUT2D eigenvalue weighted by atomic mass is 19.1. The molecular formula is C12H13FN2. The lowest BCUT2D eigenvalue weighted by Gasteiger charge is -2.05. The lowest BCUT2D eigenvalue weighted by atomic mass is 10.1. The Bertz CT molecular complexity index is 474. The van der Waals surface area contributed by atoms with Crippen LogP contribution in [0.5, 0.6) is 0 Å². The van der Waals surface area contributed by atoms with Gasteiger partial charge in [0.1, 0.15) is 5.82 Å². The van der Waals surface area contributed by atoms with Crippen LogP contribution in [0.1, 0.15) is 16.8 Å². The number of hydrogen-bond donors (Lipinski definition) is 0. The van der Waals surface area contributed by atoms with Gasteiger partial charge in [0.25, 0.3) is 0 Å². The van der Waals surface area contributed by atoms with Crippen LogP contribution in [0, 0.1) is 19.7 Å². The van der Waals surface area contributed by atoms with Crippen LogP contribution in [-0.2, 0) is 6.54 Å². The van der Waals surface area contributed by atoms with Crippen molar-refractivity contribution < 1.29 is 4.39 Å². The fourth-order valence-electron chi connectivity index (χ4n) is 1.56. The predicted octanol–water partition coefficient (Wildman–Crippen LogP) is 2.69. The molecule has 0 N–H and O–H groups in total. The standard InChI is InChI=1S/C12H13FN2/c1-9-7-12(13)4-3-11(9)8-15-6-5-10(2)14-15/h3-7H,8H2,1-2H3. The minimum absolute atomic E-state index is 0.187. The van der Waals surface area contributed by atoms with Gasteiger partial charge in [-0.05, 0) is 43.2 Å². The molecule has 0 saturated heterocycles. The van der Waals surface area contributed by atoms with Gasteiger partial charge in [-0.25, -0.2) is 4.39 Å². The first-order valence-electron chi connectivity index (χ1n) is 4.90. The topological polar surface area (TPSA) is 17.8 Å². The Kier molecular flexibility index (Phi) is 2.54. The van der Waals surface area contributed by atoms with Crippen molar-refractivity contribution in [3.63, 3.8) is 0 Å². The largest absolute Gasteiger partial charge is 0.268 e. The van der Waals surface area contributed by atoms with Crippen molar-refractivity contribution in [3.8, 4) is 0 Å². The van der Waals surface area contributed by atoms with Crippen LogP contribution in [0.15, 0.2) is 30.5 Å². The van der Waals surface area contributed by atoms with Crippen LogP contribution in [0.4, 0.5) is 4.39 Å². The molecule has 3 heteroatoms. The maximum atomic E-state index is 12.9. The van der Waals surface area contributed by atoms with E-state index in [-0.39, 0.29) is 5.82 Å². The normalized spacial score (nSPS) is 10.6. The summed E-state index contributed by atoms with van der Waals surface area (Å²) >= 11 is 0. The summed E-state index contributed by atoms with van der Waals surface area (Å²) in [5, 5.41) is 4.29. The summed E-state index contributed by atoms with van der Waals surface area (Å²) in [4.78, 5) is 0. The van der Waals surface area contributed by atoms with Crippen LogP contribution in [0.3, 0.4) is 0 Å². The van der Waals surface area contributed by atoms with E-state index in [1.165, 1.54) is 6.07 Å². The van der Waals surface area contributed by atoms with E-state index in [4.69, 9.17) is 0 Å². The lowest BCUT2D eigenvalue weighted by molar-refractivity contribution is 0.622. The molecule has 0 bridgehead atoms. The first-order chi connectivity index (χ1) is 7.15. The van der Waals surface area contributed by atoms with Gasteiger partial charge in [0, 0.05) is 6.20 Å². The highest BCUT2D eigenvalue weighted by Crippen LogP contribution is 2.11. The van der Waals surface area contributed by atoms with Crippen LogP contribution in [-0.4, -0.2) is 9.78 Å². The van der Waals surface area contributed by atoms with E-state index in [1.807, 2.05) is 36.9 Å². The highest BCUT2D eigenvalue weighted by molar-refractivity contribution is 5.26. The van der Waals surface area contributed by atoms with Gasteiger partial charge < -0.3 is 0 Å². The molecule has 1 aromatic carbocycles. The molecule has 0 radical (unpaired) electrons. The maximum Gasteiger partial charge on any atom is 0.123 e. The van der Waals surface area contributed by atoms with E-state index in [9.17, 15) is 4.39 Å². The van der Waals surface area contributed by atoms with Crippen LogP contribution in [0.2, 0.25) is 0 Å². The quantitative estimate of drug-likeness (QED) is 0.735. The van der Waals surface area contributed by atoms with Gasteiger partial charge >= 0.3 is 0 Å². The van der Waals surface area contributed by atoms with Gasteiger partial charge in [0.05, 0.1) is 12.2 Å². The SMILES string of the molecule is Cc1ccn(Cc2ccc(F)cc2C)n1. The van der Waals surface area contributed by atoms with Gasteiger partial charge in [-0.15, -0.1) is 0 Å². The van der Waals surface area contributed by atoms with Crippen LogP contribution >= 0.6 is 0 Å². The molecule has 0 unspecified atom stereocenters. The molecule has 0 spiro atoms. The second kappa shape index (κ2) is 3.85. The van der Waals surface area contributed by atoms with Crippen molar-refractivity contribution in [3.05, 3.63) is 53.1 Å². The predicted molar refractivity (Wildman–Crippen MR) is 57.2 cm³/mol. The van der Waals surface area contributed by atoms with E-state index < -0.39 is 0 Å². The van der Waals surface area contributed by atoms with E-state index in [0.29, 0.717) is 6.54 Å². The summed E-state index contributed by atoms with van der Waals surface area (Å²) in [6, 6.07) is 6.80. The molecule has 2 nitrogen and oxygen atoms in total. The number of hydrogen-bond acceptors (Lipinski definition) is 1. The fourth-order valence-corrected chi connectivity index (χ4v) is 1.56. The third kappa shape index (κ3) is 2.24. The first-order valence-corrected chi connectivity index (χ1v) is 4.90. The number of nitrogens with zero attached hydrogens (tertiary/aromatic N) is 2. The van der Waals surface area contributed by atoms with Gasteiger partial charge in [0.15, 0.2) is 0 Å². The molecule has 0 atom stereocenters. The van der Waals surface area contributed by atoms with Gasteiger partial charge in [0.2, 0.25) is 0 Å². The van der Waals surface area contributed by atoms with Gasteiger partial charge in [-0.2, -0.15) is 5.10 Å². The van der Waals surface area contributed by atoms with Crippen LogP contribution < -0.4 is 0 Å². The fraction of sp³-hybridized carbons (Fsp3) is 0.250. The summed E-state index contributed by atoms with van der Waals surface area (Å²) in [6.07, 6.45) is 1.93. The van der Waals surface area contributed by atoms with Gasteiger partial charge in [-0.1, -0.05) is 6.07 Å². The Morgan fingerprint density at radius 1 is 1.27 bits per heavy atom. The Morgan fingerprint density at radius 3 is 2.67 bits per heavy atom. The average molecular weight is 204 g/mol. The summed E-state index contributed by atoms with van der Waals surface area (Å²) in [5.74, 6) is -0.187. The zero-order valence-electron chi connectivity index (χ0n) is 8.87. The third-order valence-electron chi connectivity index (χ3n) is 2.41. The molecular weight excluding hydrogens is 191 g/mol. The summed E-state index contributed by atoms with van der Waals surface area (Å²) in [5.41, 5.74) is 3.05. The number of aryl methyl sites for hydroxylation is 2. The zero-order chi connectivity index (χ0) is 10.8. The molecule has 2 rings (SSSR count). The molecule has 0 amide bonds. The monoisotopic (exact) mass is 204 g/mol. The third-order valence-corrected chi connectivity index (χ3v) is 2.41. The smallest absolute Gasteiger partial charge is 0.123 e. The van der Waals surface area contributed by atoms with E-state index >= 15 is 0 Å². The minimum atomic E-state index is -0.187. The summed E-state index contributed by atoms with van der Waals surface area (Å²) in [7, 11) is 0. The van der Waals surface area contributed by atoms with Crippen molar-refractivity contribution in [2.45, 2.75) is 20.4 Å². The molecule has 2 aromatic rings. The second-order valence-electron chi connectivity index (χ2n) is 3.73. The molecule has 0 fully saturated rings. The van der Waals surface area contributed by atoms with E-state index in [0.717, 1.165) is 16.8 Å². The lowest BCUT2D eigenvalue weighted by Crippen LogP contribution is -2.02. The van der Waals surface area contributed by atoms with Crippen molar-refractivity contribution in [2.75, 3.05) is 0 Å². The van der Waals surface area contributed by atoms with Crippen LogP contribution in [0.25, 0.3) is 0 Å². The van der Waals surface area contributed by atoms with E-state index in [1.54, 1.807) is 6.07 Å². The summed E-state index contributed by atoms with van der Waals surface area (Å²) < 4.78 is 14.7. The number of halogens is 1. The Morgan fingerprint density at radius 2 is 2.07 bits per heavy atom. The van der Waals surface area contributed by atoms with Crippen molar-refractivity contribution in [1.82, 2.24) is 9.78 Å². The first kappa shape index (κ1) is 9.90. The molecule has 0 saturated carbocycles. The Balaban J connectivity index is 2.24. The minimum Gasteiger partial charge on any atom is -0.268 e. The molecule has 1 aromatic heterocycles. The molecule has 15 heavy (non-hydrogen) atoms. The zero-order valence-corrected chi connectivity index (χ0v) is 8.87. The van der Waals surface area contributed by atoms with E-state index in [2.05, 4.69) is 5.10 Å². The summed E-state index contributed by atoms with van der Waals surface area (Å²) in [6.45, 7) is 4.56. The van der Waals surface area contributed by atoms with Gasteiger partial charge in [-0.3, -0.25) is 4.68 Å². The molecule has 1 heterocycles. The Labute approximate surface area is 88.4 Å². The average Bonchev–Trinajstić information content (AvgIpc) is 2.56. The maximum absolute atomic E-state index is 12.9. The van der Waals surface area contributed by atoms with Crippen molar-refractivity contribution in [2.24, 2.45) is 0 Å². The number of aromatic nitrogens is 2. The number of rotatable bonds is 2. The Hall–Kier alpha value is -1.64. The number of benzene rings is 1. The van der Waals surface area contributed by atoms with Crippen molar-refractivity contribution >= 4 is 0 Å².